The highest BCUT2D eigenvalue weighted by molar-refractivity contribution is 5.60. The van der Waals surface area contributed by atoms with E-state index in [1.165, 1.54) is 13.8 Å². The molecule has 0 amide bonds. The molecule has 176 valence electrons. The first-order valence-electron chi connectivity index (χ1n) is 11.2. The zero-order valence-corrected chi connectivity index (χ0v) is 20.1. The average molecular weight is 453 g/mol. The van der Waals surface area contributed by atoms with Crippen LogP contribution in [0.25, 0.3) is 11.3 Å². The minimum Gasteiger partial charge on any atom is -0.384 e. The van der Waals surface area contributed by atoms with Crippen LogP contribution in [0.15, 0.2) is 48.8 Å². The molecule has 1 aliphatic rings. The molecule has 0 saturated carbocycles. The van der Waals surface area contributed by atoms with Crippen molar-refractivity contribution in [2.24, 2.45) is 5.41 Å². The second-order valence-corrected chi connectivity index (χ2v) is 10.7. The topological polar surface area (TPSA) is 85.3 Å². The molecule has 0 spiro atoms. The molecule has 0 unspecified atom stereocenters. The molecule has 1 saturated heterocycles. The van der Waals surface area contributed by atoms with Crippen molar-refractivity contribution >= 4 is 0 Å². The number of hydrogen-bond acceptors (Lipinski definition) is 5. The minimum atomic E-state index is -1.46. The quantitative estimate of drug-likeness (QED) is 0.525. The summed E-state index contributed by atoms with van der Waals surface area (Å²) in [6.07, 6.45) is 3.38. The molecule has 0 aliphatic carbocycles. The molecule has 7 heteroatoms. The lowest BCUT2D eigenvalue weighted by atomic mass is 9.62. The van der Waals surface area contributed by atoms with E-state index in [0.29, 0.717) is 41.2 Å². The number of benzene rings is 1. The Morgan fingerprint density at radius 3 is 2.09 bits per heavy atom. The first-order chi connectivity index (χ1) is 15.2. The van der Waals surface area contributed by atoms with Crippen molar-refractivity contribution in [3.8, 4) is 11.3 Å². The summed E-state index contributed by atoms with van der Waals surface area (Å²) in [5.74, 6) is 0. The summed E-state index contributed by atoms with van der Waals surface area (Å²) in [7, 11) is 2.02. The highest BCUT2D eigenvalue weighted by Gasteiger charge is 2.55. The van der Waals surface area contributed by atoms with Gasteiger partial charge in [0.05, 0.1) is 11.4 Å². The molecule has 3 N–H and O–H groups in total. The first-order valence-corrected chi connectivity index (χ1v) is 11.2. The van der Waals surface area contributed by atoms with Gasteiger partial charge in [-0.1, -0.05) is 31.2 Å². The maximum Gasteiger partial charge on any atom is 0.130 e. The first kappa shape index (κ1) is 23.5. The van der Waals surface area contributed by atoms with Gasteiger partial charge in [0, 0.05) is 42.0 Å². The summed E-state index contributed by atoms with van der Waals surface area (Å²) in [5, 5.41) is 29.8. The van der Waals surface area contributed by atoms with Gasteiger partial charge in [0.1, 0.15) is 16.9 Å². The smallest absolute Gasteiger partial charge is 0.130 e. The van der Waals surface area contributed by atoms with Crippen LogP contribution >= 0.6 is 0 Å². The van der Waals surface area contributed by atoms with Gasteiger partial charge in [0.25, 0.3) is 0 Å². The van der Waals surface area contributed by atoms with Crippen molar-refractivity contribution < 1.29 is 14.6 Å². The number of likely N-dealkylation sites (tertiary alicyclic amines) is 1. The van der Waals surface area contributed by atoms with Crippen LogP contribution in [-0.4, -0.2) is 50.4 Å². The van der Waals surface area contributed by atoms with Crippen LogP contribution in [0.4, 0.5) is 4.39 Å². The van der Waals surface area contributed by atoms with Gasteiger partial charge < -0.3 is 15.1 Å². The van der Waals surface area contributed by atoms with E-state index in [2.05, 4.69) is 27.0 Å². The number of hydrogen-bond donors (Lipinski definition) is 3. The van der Waals surface area contributed by atoms with Crippen LogP contribution in [0.3, 0.4) is 0 Å². The third-order valence-corrected chi connectivity index (χ3v) is 6.79. The fourth-order valence-electron chi connectivity index (χ4n) is 4.91. The zero-order chi connectivity index (χ0) is 24.2. The molecule has 1 aliphatic heterocycles. The van der Waals surface area contributed by atoms with Gasteiger partial charge in [0.15, 0.2) is 0 Å². The third kappa shape index (κ3) is 4.09. The Kier molecular flexibility index (Phi) is 5.51. The summed E-state index contributed by atoms with van der Waals surface area (Å²) in [4.78, 5) is 6.58. The predicted molar refractivity (Wildman–Crippen MR) is 126 cm³/mol. The Morgan fingerprint density at radius 1 is 0.970 bits per heavy atom. The number of halogens is 1. The molecule has 4 rings (SSSR count). The van der Waals surface area contributed by atoms with Crippen molar-refractivity contribution in [3.63, 3.8) is 0 Å². The fraction of sp³-hybridized carbons (Fsp3) is 0.462. The maximum absolute atomic E-state index is 14.5. The highest BCUT2D eigenvalue weighted by Crippen LogP contribution is 2.50. The van der Waals surface area contributed by atoms with Crippen LogP contribution in [0, 0.1) is 5.41 Å². The molecule has 33 heavy (non-hydrogen) atoms. The second kappa shape index (κ2) is 7.72. The largest absolute Gasteiger partial charge is 0.384 e. The second-order valence-electron chi connectivity index (χ2n) is 10.7. The zero-order valence-electron chi connectivity index (χ0n) is 20.1. The molecule has 0 bridgehead atoms. The van der Waals surface area contributed by atoms with Crippen LogP contribution in [0.5, 0.6) is 0 Å². The highest BCUT2D eigenvalue weighted by atomic mass is 19.1. The van der Waals surface area contributed by atoms with Crippen molar-refractivity contribution in [1.29, 1.82) is 0 Å². The Labute approximate surface area is 194 Å². The predicted octanol–water partition coefficient (Wildman–Crippen LogP) is 4.09. The number of aliphatic hydroxyl groups is 2. The van der Waals surface area contributed by atoms with Crippen molar-refractivity contribution in [2.75, 3.05) is 20.1 Å². The van der Waals surface area contributed by atoms with E-state index >= 15 is 0 Å². The van der Waals surface area contributed by atoms with E-state index in [9.17, 15) is 14.6 Å². The monoisotopic (exact) mass is 452 g/mol. The van der Waals surface area contributed by atoms with Gasteiger partial charge in [0.2, 0.25) is 0 Å². The maximum atomic E-state index is 14.5. The average Bonchev–Trinajstić information content (AvgIpc) is 3.22. The summed E-state index contributed by atoms with van der Waals surface area (Å²) in [6, 6.07) is 10.8. The van der Waals surface area contributed by atoms with Crippen LogP contribution < -0.4 is 0 Å². The van der Waals surface area contributed by atoms with E-state index in [4.69, 9.17) is 0 Å². The van der Waals surface area contributed by atoms with Crippen molar-refractivity contribution in [2.45, 2.75) is 51.5 Å². The van der Waals surface area contributed by atoms with Crippen molar-refractivity contribution in [3.05, 3.63) is 71.2 Å². The summed E-state index contributed by atoms with van der Waals surface area (Å²) in [5.41, 5.74) is -0.439. The normalized spacial score (nSPS) is 18.6. The molecule has 2 aromatic heterocycles. The van der Waals surface area contributed by atoms with Gasteiger partial charge in [-0.3, -0.25) is 10.1 Å². The number of nitrogens with one attached hydrogen (secondary N) is 1. The SMILES string of the molecule is CN1CC(C)([C@](O)(c2ccc(C(C)(C)F)cc2)c2cncc(-c3cc(C(C)(C)O)[nH]n3)c2)C1. The van der Waals surface area contributed by atoms with Gasteiger partial charge in [-0.25, -0.2) is 4.39 Å². The molecule has 1 fully saturated rings. The molecular weight excluding hydrogens is 419 g/mol. The number of H-pyrrole nitrogens is 1. The van der Waals surface area contributed by atoms with Crippen LogP contribution in [0.1, 0.15) is 57.0 Å². The Bertz CT molecular complexity index is 1140. The van der Waals surface area contributed by atoms with Gasteiger partial charge in [-0.15, -0.1) is 0 Å². The number of nitrogens with zero attached hydrogens (tertiary/aromatic N) is 3. The Hall–Kier alpha value is -2.61. The van der Waals surface area contributed by atoms with Gasteiger partial charge >= 0.3 is 0 Å². The van der Waals surface area contributed by atoms with Crippen LogP contribution in [0.2, 0.25) is 0 Å². The molecule has 1 aromatic carbocycles. The third-order valence-electron chi connectivity index (χ3n) is 6.79. The lowest BCUT2D eigenvalue weighted by molar-refractivity contribution is -0.127. The molecule has 6 nitrogen and oxygen atoms in total. The van der Waals surface area contributed by atoms with E-state index < -0.39 is 22.3 Å². The Balaban J connectivity index is 1.81. The minimum absolute atomic E-state index is 0.460. The number of pyridine rings is 1. The molecule has 3 heterocycles. The van der Waals surface area contributed by atoms with Gasteiger partial charge in [-0.05, 0) is 58.0 Å². The lowest BCUT2D eigenvalue weighted by Crippen LogP contribution is -2.63. The molecule has 1 atom stereocenters. The Morgan fingerprint density at radius 2 is 1.58 bits per heavy atom. The summed E-state index contributed by atoms with van der Waals surface area (Å²) in [6.45, 7) is 9.89. The number of rotatable bonds is 6. The number of aromatic nitrogens is 3. The molecular formula is C26H33FN4O2. The fourth-order valence-corrected chi connectivity index (χ4v) is 4.91. The molecule has 3 aromatic rings. The lowest BCUT2D eigenvalue weighted by Gasteiger charge is -2.55. The summed E-state index contributed by atoms with van der Waals surface area (Å²) < 4.78 is 14.5. The van der Waals surface area contributed by atoms with E-state index in [1.807, 2.05) is 25.2 Å². The standard InChI is InChI=1S/C26H33FN4O2/c1-23(2,27)18-7-9-19(10-8-18)26(33,25(5)15-31(6)16-25)20-11-17(13-28-14-20)21-12-22(30-29-21)24(3,4)32/h7-14,32-33H,15-16H2,1-6H3,(H,29,30)/t26-/m0/s1. The van der Waals surface area contributed by atoms with E-state index in [1.54, 1.807) is 44.4 Å². The number of alkyl halides is 1. The van der Waals surface area contributed by atoms with Crippen LogP contribution in [-0.2, 0) is 16.9 Å². The van der Waals surface area contributed by atoms with E-state index in [-0.39, 0.29) is 0 Å². The summed E-state index contributed by atoms with van der Waals surface area (Å²) >= 11 is 0. The number of aromatic amines is 1. The van der Waals surface area contributed by atoms with E-state index in [0.717, 1.165) is 5.56 Å². The van der Waals surface area contributed by atoms with Crippen molar-refractivity contribution in [1.82, 2.24) is 20.1 Å². The molecule has 0 radical (unpaired) electrons. The van der Waals surface area contributed by atoms with Gasteiger partial charge in [-0.2, -0.15) is 5.10 Å².